The van der Waals surface area contributed by atoms with Crippen molar-refractivity contribution in [3.8, 4) is 0 Å². The summed E-state index contributed by atoms with van der Waals surface area (Å²) in [7, 11) is 1.90. The van der Waals surface area contributed by atoms with Gasteiger partial charge in [-0.25, -0.2) is 0 Å². The lowest BCUT2D eigenvalue weighted by Crippen LogP contribution is -2.20. The van der Waals surface area contributed by atoms with Crippen LogP contribution in [0.3, 0.4) is 0 Å². The second kappa shape index (κ2) is 5.97. The summed E-state index contributed by atoms with van der Waals surface area (Å²) in [5, 5.41) is 22.1. The van der Waals surface area contributed by atoms with E-state index in [2.05, 4.69) is 20.7 Å². The molecule has 7 heteroatoms. The number of rotatable bonds is 6. The van der Waals surface area contributed by atoms with Gasteiger partial charge in [-0.05, 0) is 13.0 Å². The molecule has 0 aliphatic rings. The number of aryl methyl sites for hydroxylation is 1. The maximum absolute atomic E-state index is 8.30. The third kappa shape index (κ3) is 3.94. The highest BCUT2D eigenvalue weighted by Crippen LogP contribution is 1.91. The van der Waals surface area contributed by atoms with Crippen molar-refractivity contribution in [2.75, 3.05) is 6.54 Å². The first kappa shape index (κ1) is 11.4. The van der Waals surface area contributed by atoms with E-state index in [0.717, 1.165) is 18.8 Å². The molecular formula is C8H16N6O. The summed E-state index contributed by atoms with van der Waals surface area (Å²) in [5.74, 6) is 1.15. The van der Waals surface area contributed by atoms with Gasteiger partial charge in [-0.2, -0.15) is 0 Å². The highest BCUT2D eigenvalue weighted by atomic mass is 16.4. The standard InChI is InChI=1S/C8H16N6O/c1-14-6-11-12-8(14)5-10-4-2-3-7(9)13-15/h6,10,15H,2-5H2,1H3,(H2,9,13). The number of nitrogens with two attached hydrogens (primary N) is 1. The predicted octanol–water partition coefficient (Wildman–Crippen LogP) is -0.569. The number of oxime groups is 1. The quantitative estimate of drug-likeness (QED) is 0.193. The third-order valence-electron chi connectivity index (χ3n) is 2.00. The Hall–Kier alpha value is -1.63. The predicted molar refractivity (Wildman–Crippen MR) is 55.4 cm³/mol. The van der Waals surface area contributed by atoms with Crippen molar-refractivity contribution in [2.24, 2.45) is 17.9 Å². The van der Waals surface area contributed by atoms with Crippen LogP contribution in [0.1, 0.15) is 18.7 Å². The van der Waals surface area contributed by atoms with Crippen molar-refractivity contribution < 1.29 is 5.21 Å². The molecule has 0 unspecified atom stereocenters. The number of hydrogen-bond acceptors (Lipinski definition) is 5. The largest absolute Gasteiger partial charge is 0.409 e. The van der Waals surface area contributed by atoms with Crippen molar-refractivity contribution >= 4 is 5.84 Å². The maximum Gasteiger partial charge on any atom is 0.146 e. The van der Waals surface area contributed by atoms with Crippen LogP contribution in [0.4, 0.5) is 0 Å². The molecule has 1 heterocycles. The zero-order valence-electron chi connectivity index (χ0n) is 8.72. The Morgan fingerprint density at radius 2 is 2.53 bits per heavy atom. The van der Waals surface area contributed by atoms with Gasteiger partial charge < -0.3 is 20.8 Å². The van der Waals surface area contributed by atoms with Gasteiger partial charge in [0, 0.05) is 13.5 Å². The lowest BCUT2D eigenvalue weighted by atomic mass is 10.3. The molecule has 7 nitrogen and oxygen atoms in total. The lowest BCUT2D eigenvalue weighted by Gasteiger charge is -2.03. The summed E-state index contributed by atoms with van der Waals surface area (Å²) in [6, 6.07) is 0. The summed E-state index contributed by atoms with van der Waals surface area (Å²) in [4.78, 5) is 0. The lowest BCUT2D eigenvalue weighted by molar-refractivity contribution is 0.316. The van der Waals surface area contributed by atoms with Crippen molar-refractivity contribution in [3.05, 3.63) is 12.2 Å². The molecule has 0 bridgehead atoms. The second-order valence-corrected chi connectivity index (χ2v) is 3.23. The van der Waals surface area contributed by atoms with Crippen LogP contribution in [0.15, 0.2) is 11.5 Å². The molecule has 0 saturated heterocycles. The van der Waals surface area contributed by atoms with Crippen LogP contribution in [-0.2, 0) is 13.6 Å². The van der Waals surface area contributed by atoms with Crippen LogP contribution in [0.2, 0.25) is 0 Å². The van der Waals surface area contributed by atoms with E-state index in [1.807, 2.05) is 11.6 Å². The first-order valence-corrected chi connectivity index (χ1v) is 4.74. The SMILES string of the molecule is Cn1cnnc1CNCCCC(N)=NO. The molecule has 0 atom stereocenters. The molecule has 0 amide bonds. The first-order chi connectivity index (χ1) is 7.24. The van der Waals surface area contributed by atoms with Gasteiger partial charge in [0.15, 0.2) is 0 Å². The van der Waals surface area contributed by atoms with Gasteiger partial charge in [-0.15, -0.1) is 10.2 Å². The minimum Gasteiger partial charge on any atom is -0.409 e. The molecule has 1 rings (SSSR count). The van der Waals surface area contributed by atoms with Gasteiger partial charge in [0.25, 0.3) is 0 Å². The highest BCUT2D eigenvalue weighted by molar-refractivity contribution is 5.79. The summed E-state index contributed by atoms with van der Waals surface area (Å²) in [5.41, 5.74) is 5.32. The first-order valence-electron chi connectivity index (χ1n) is 4.74. The van der Waals surface area contributed by atoms with E-state index in [4.69, 9.17) is 10.9 Å². The van der Waals surface area contributed by atoms with Gasteiger partial charge in [-0.3, -0.25) is 0 Å². The third-order valence-corrected chi connectivity index (χ3v) is 2.00. The van der Waals surface area contributed by atoms with E-state index in [9.17, 15) is 0 Å². The molecule has 0 aliphatic carbocycles. The molecule has 4 N–H and O–H groups in total. The average molecular weight is 212 g/mol. The second-order valence-electron chi connectivity index (χ2n) is 3.23. The molecule has 0 aromatic carbocycles. The average Bonchev–Trinajstić information content (AvgIpc) is 2.63. The van der Waals surface area contributed by atoms with Crippen LogP contribution >= 0.6 is 0 Å². The van der Waals surface area contributed by atoms with Gasteiger partial charge in [0.2, 0.25) is 0 Å². The molecule has 84 valence electrons. The Kier molecular flexibility index (Phi) is 4.55. The van der Waals surface area contributed by atoms with Gasteiger partial charge in [0.1, 0.15) is 18.0 Å². The van der Waals surface area contributed by atoms with Crippen molar-refractivity contribution in [1.29, 1.82) is 0 Å². The van der Waals surface area contributed by atoms with Crippen LogP contribution < -0.4 is 11.1 Å². The van der Waals surface area contributed by atoms with Crippen LogP contribution in [0.25, 0.3) is 0 Å². The van der Waals surface area contributed by atoms with Gasteiger partial charge in [0.05, 0.1) is 6.54 Å². The van der Waals surface area contributed by atoms with Crippen molar-refractivity contribution in [2.45, 2.75) is 19.4 Å². The Morgan fingerprint density at radius 1 is 1.73 bits per heavy atom. The minimum atomic E-state index is 0.260. The Balaban J connectivity index is 2.10. The minimum absolute atomic E-state index is 0.260. The molecule has 15 heavy (non-hydrogen) atoms. The highest BCUT2D eigenvalue weighted by Gasteiger charge is 1.99. The molecular weight excluding hydrogens is 196 g/mol. The van der Waals surface area contributed by atoms with Crippen LogP contribution in [-0.4, -0.2) is 32.4 Å². The van der Waals surface area contributed by atoms with Crippen molar-refractivity contribution in [3.63, 3.8) is 0 Å². The van der Waals surface area contributed by atoms with E-state index in [1.54, 1.807) is 6.33 Å². The number of nitrogens with zero attached hydrogens (tertiary/aromatic N) is 4. The normalized spacial score (nSPS) is 11.9. The van der Waals surface area contributed by atoms with E-state index in [0.29, 0.717) is 13.0 Å². The Bertz CT molecular complexity index is 321. The molecule has 0 saturated carbocycles. The van der Waals surface area contributed by atoms with E-state index >= 15 is 0 Å². The monoisotopic (exact) mass is 212 g/mol. The number of nitrogens with one attached hydrogen (secondary N) is 1. The molecule has 0 radical (unpaired) electrons. The molecule has 0 aliphatic heterocycles. The smallest absolute Gasteiger partial charge is 0.146 e. The fourth-order valence-corrected chi connectivity index (χ4v) is 1.11. The van der Waals surface area contributed by atoms with E-state index < -0.39 is 0 Å². The van der Waals surface area contributed by atoms with E-state index in [-0.39, 0.29) is 5.84 Å². The van der Waals surface area contributed by atoms with Crippen LogP contribution in [0.5, 0.6) is 0 Å². The van der Waals surface area contributed by atoms with Crippen molar-refractivity contribution in [1.82, 2.24) is 20.1 Å². The summed E-state index contributed by atoms with van der Waals surface area (Å²) < 4.78 is 1.86. The fourth-order valence-electron chi connectivity index (χ4n) is 1.11. The van der Waals surface area contributed by atoms with Crippen LogP contribution in [0, 0.1) is 0 Å². The number of hydrogen-bond donors (Lipinski definition) is 3. The zero-order valence-corrected chi connectivity index (χ0v) is 8.72. The summed E-state index contributed by atoms with van der Waals surface area (Å²) >= 11 is 0. The summed E-state index contributed by atoms with van der Waals surface area (Å²) in [6.07, 6.45) is 3.07. The molecule has 0 fully saturated rings. The van der Waals surface area contributed by atoms with Gasteiger partial charge in [-0.1, -0.05) is 5.16 Å². The number of amidine groups is 1. The Labute approximate surface area is 88.0 Å². The summed E-state index contributed by atoms with van der Waals surface area (Å²) in [6.45, 7) is 1.47. The van der Waals surface area contributed by atoms with E-state index in [1.165, 1.54) is 0 Å². The maximum atomic E-state index is 8.30. The topological polar surface area (TPSA) is 101 Å². The van der Waals surface area contributed by atoms with Gasteiger partial charge >= 0.3 is 0 Å². The molecule has 0 spiro atoms. The molecule has 1 aromatic heterocycles. The Morgan fingerprint density at radius 3 is 3.13 bits per heavy atom. The zero-order chi connectivity index (χ0) is 11.1. The molecule has 1 aromatic rings. The fraction of sp³-hybridized carbons (Fsp3) is 0.625. The number of aromatic nitrogens is 3.